The topological polar surface area (TPSA) is 56.7 Å². The van der Waals surface area contributed by atoms with E-state index in [2.05, 4.69) is 36.3 Å². The number of hydrogen-bond acceptors (Lipinski definition) is 2. The van der Waals surface area contributed by atoms with Crippen molar-refractivity contribution in [1.29, 1.82) is 0 Å². The van der Waals surface area contributed by atoms with Gasteiger partial charge in [0.05, 0.1) is 6.54 Å². The van der Waals surface area contributed by atoms with E-state index < -0.39 is 0 Å². The van der Waals surface area contributed by atoms with Crippen molar-refractivity contribution in [3.8, 4) is 0 Å². The van der Waals surface area contributed by atoms with Gasteiger partial charge in [0.1, 0.15) is 0 Å². The van der Waals surface area contributed by atoms with Gasteiger partial charge in [-0.25, -0.2) is 4.99 Å². The molecule has 1 fully saturated rings. The zero-order chi connectivity index (χ0) is 18.2. The van der Waals surface area contributed by atoms with E-state index in [1.54, 1.807) is 0 Å². The predicted octanol–water partition coefficient (Wildman–Crippen LogP) is 2.88. The van der Waals surface area contributed by atoms with E-state index in [4.69, 9.17) is 4.99 Å². The first-order valence-corrected chi connectivity index (χ1v) is 9.43. The summed E-state index contributed by atoms with van der Waals surface area (Å²) < 4.78 is 0. The molecule has 0 spiro atoms. The molecule has 2 atom stereocenters. The minimum absolute atomic E-state index is 0.0258. The van der Waals surface area contributed by atoms with Crippen molar-refractivity contribution in [1.82, 2.24) is 15.5 Å². The van der Waals surface area contributed by atoms with Crippen molar-refractivity contribution < 1.29 is 4.79 Å². The lowest BCUT2D eigenvalue weighted by molar-refractivity contribution is 0.0956. The summed E-state index contributed by atoms with van der Waals surface area (Å²) >= 11 is 0. The monoisotopic (exact) mass is 344 g/mol. The fraction of sp³-hybridized carbons (Fsp3) is 0.600. The number of rotatable bonds is 5. The van der Waals surface area contributed by atoms with Gasteiger partial charge in [0, 0.05) is 31.7 Å². The molecule has 1 aromatic carbocycles. The third kappa shape index (κ3) is 5.76. The third-order valence-corrected chi connectivity index (χ3v) is 4.47. The highest BCUT2D eigenvalue weighted by molar-refractivity contribution is 5.94. The van der Waals surface area contributed by atoms with Crippen LogP contribution in [0.15, 0.2) is 29.3 Å². The largest absolute Gasteiger partial charge is 0.357 e. The van der Waals surface area contributed by atoms with Crippen LogP contribution >= 0.6 is 0 Å². The average molecular weight is 345 g/mol. The number of carbonyl (C=O) groups excluding carboxylic acids is 1. The SMILES string of the molecule is CCNC(=O)c1ccc(CN=C(NCC)N2CC(C)CC(C)C2)cc1. The van der Waals surface area contributed by atoms with Crippen LogP contribution in [0, 0.1) is 11.8 Å². The lowest BCUT2D eigenvalue weighted by Crippen LogP contribution is -2.48. The molecule has 1 saturated heterocycles. The van der Waals surface area contributed by atoms with Crippen molar-refractivity contribution in [2.24, 2.45) is 16.8 Å². The van der Waals surface area contributed by atoms with Crippen molar-refractivity contribution in [3.63, 3.8) is 0 Å². The fourth-order valence-corrected chi connectivity index (χ4v) is 3.45. The Hall–Kier alpha value is -2.04. The first-order chi connectivity index (χ1) is 12.0. The Labute approximate surface area is 151 Å². The van der Waals surface area contributed by atoms with Gasteiger partial charge in [-0.2, -0.15) is 0 Å². The van der Waals surface area contributed by atoms with Gasteiger partial charge in [-0.15, -0.1) is 0 Å². The molecule has 1 amide bonds. The molecule has 2 N–H and O–H groups in total. The molecule has 5 heteroatoms. The highest BCUT2D eigenvalue weighted by Gasteiger charge is 2.23. The summed E-state index contributed by atoms with van der Waals surface area (Å²) in [5.41, 5.74) is 1.81. The molecule has 1 aliphatic heterocycles. The van der Waals surface area contributed by atoms with E-state index in [1.807, 2.05) is 31.2 Å². The van der Waals surface area contributed by atoms with Crippen LogP contribution in [0.5, 0.6) is 0 Å². The van der Waals surface area contributed by atoms with Crippen molar-refractivity contribution in [2.75, 3.05) is 26.2 Å². The van der Waals surface area contributed by atoms with Crippen LogP contribution in [-0.2, 0) is 6.54 Å². The summed E-state index contributed by atoms with van der Waals surface area (Å²) in [6, 6.07) is 7.71. The maximum atomic E-state index is 11.8. The third-order valence-electron chi connectivity index (χ3n) is 4.47. The second kappa shape index (κ2) is 9.44. The molecular weight excluding hydrogens is 312 g/mol. The normalized spacial score (nSPS) is 21.1. The van der Waals surface area contributed by atoms with Crippen LogP contribution in [0.4, 0.5) is 0 Å². The number of amides is 1. The molecule has 0 saturated carbocycles. The van der Waals surface area contributed by atoms with Crippen LogP contribution in [0.2, 0.25) is 0 Å². The molecule has 0 radical (unpaired) electrons. The predicted molar refractivity (Wildman–Crippen MR) is 104 cm³/mol. The Morgan fingerprint density at radius 3 is 2.24 bits per heavy atom. The zero-order valence-corrected chi connectivity index (χ0v) is 16.0. The molecule has 0 aliphatic carbocycles. The molecule has 1 aromatic rings. The zero-order valence-electron chi connectivity index (χ0n) is 16.0. The number of piperidine rings is 1. The van der Waals surface area contributed by atoms with Crippen LogP contribution in [0.3, 0.4) is 0 Å². The Balaban J connectivity index is 2.04. The van der Waals surface area contributed by atoms with Gasteiger partial charge in [-0.05, 0) is 49.8 Å². The number of nitrogens with zero attached hydrogens (tertiary/aromatic N) is 2. The highest BCUT2D eigenvalue weighted by Crippen LogP contribution is 2.21. The summed E-state index contributed by atoms with van der Waals surface area (Å²) in [7, 11) is 0. The highest BCUT2D eigenvalue weighted by atomic mass is 16.1. The Morgan fingerprint density at radius 1 is 1.08 bits per heavy atom. The fourth-order valence-electron chi connectivity index (χ4n) is 3.45. The van der Waals surface area contributed by atoms with Gasteiger partial charge in [-0.3, -0.25) is 4.79 Å². The Kier molecular flexibility index (Phi) is 7.29. The van der Waals surface area contributed by atoms with Crippen LogP contribution in [-0.4, -0.2) is 42.9 Å². The lowest BCUT2D eigenvalue weighted by Gasteiger charge is -2.37. The van der Waals surface area contributed by atoms with Gasteiger partial charge < -0.3 is 15.5 Å². The summed E-state index contributed by atoms with van der Waals surface area (Å²) in [5.74, 6) is 2.36. The number of nitrogens with one attached hydrogen (secondary N) is 2. The number of likely N-dealkylation sites (tertiary alicyclic amines) is 1. The van der Waals surface area contributed by atoms with Gasteiger partial charge in [0.15, 0.2) is 5.96 Å². The molecule has 1 aliphatic rings. The summed E-state index contributed by atoms with van der Waals surface area (Å²) in [4.78, 5) is 19.0. The Bertz CT molecular complexity index is 572. The molecule has 25 heavy (non-hydrogen) atoms. The van der Waals surface area contributed by atoms with Crippen LogP contribution in [0.1, 0.15) is 50.0 Å². The molecular formula is C20H32N4O. The van der Waals surface area contributed by atoms with E-state index in [9.17, 15) is 4.79 Å². The summed E-state index contributed by atoms with van der Waals surface area (Å²) in [6.45, 7) is 12.9. The van der Waals surface area contributed by atoms with Gasteiger partial charge in [0.2, 0.25) is 0 Å². The van der Waals surface area contributed by atoms with Gasteiger partial charge >= 0.3 is 0 Å². The molecule has 0 bridgehead atoms. The quantitative estimate of drug-likeness (QED) is 0.638. The molecule has 5 nitrogen and oxygen atoms in total. The molecule has 138 valence electrons. The first-order valence-electron chi connectivity index (χ1n) is 9.43. The number of carbonyl (C=O) groups is 1. The van der Waals surface area contributed by atoms with Gasteiger partial charge in [0.25, 0.3) is 5.91 Å². The van der Waals surface area contributed by atoms with Crippen molar-refractivity contribution in [2.45, 2.75) is 40.7 Å². The molecule has 0 aromatic heterocycles. The summed E-state index contributed by atoms with van der Waals surface area (Å²) in [5, 5.41) is 6.24. The molecule has 1 heterocycles. The van der Waals surface area contributed by atoms with E-state index in [-0.39, 0.29) is 5.91 Å². The molecule has 2 unspecified atom stereocenters. The average Bonchev–Trinajstić information content (AvgIpc) is 2.58. The number of guanidine groups is 1. The van der Waals surface area contributed by atoms with E-state index >= 15 is 0 Å². The maximum absolute atomic E-state index is 11.8. The standard InChI is InChI=1S/C20H32N4O/c1-5-21-19(25)18-9-7-17(8-10-18)12-23-20(22-6-2)24-13-15(3)11-16(4)14-24/h7-10,15-16H,5-6,11-14H2,1-4H3,(H,21,25)(H,22,23). The van der Waals surface area contributed by atoms with E-state index in [0.717, 1.165) is 31.2 Å². The van der Waals surface area contributed by atoms with Crippen LogP contribution in [0.25, 0.3) is 0 Å². The maximum Gasteiger partial charge on any atom is 0.251 e. The first kappa shape index (κ1) is 19.3. The van der Waals surface area contributed by atoms with Crippen molar-refractivity contribution in [3.05, 3.63) is 35.4 Å². The van der Waals surface area contributed by atoms with Crippen molar-refractivity contribution >= 4 is 11.9 Å². The van der Waals surface area contributed by atoms with E-state index in [1.165, 1.54) is 6.42 Å². The minimum Gasteiger partial charge on any atom is -0.357 e. The Morgan fingerprint density at radius 2 is 1.68 bits per heavy atom. The number of benzene rings is 1. The number of aliphatic imine (C=N–C) groups is 1. The molecule has 2 rings (SSSR count). The second-order valence-corrected chi connectivity index (χ2v) is 7.08. The van der Waals surface area contributed by atoms with Gasteiger partial charge in [-0.1, -0.05) is 26.0 Å². The lowest BCUT2D eigenvalue weighted by atomic mass is 9.92. The second-order valence-electron chi connectivity index (χ2n) is 7.08. The minimum atomic E-state index is -0.0258. The van der Waals surface area contributed by atoms with Crippen LogP contribution < -0.4 is 10.6 Å². The summed E-state index contributed by atoms with van der Waals surface area (Å²) in [6.07, 6.45) is 1.29. The smallest absolute Gasteiger partial charge is 0.251 e. The van der Waals surface area contributed by atoms with E-state index in [0.29, 0.717) is 30.5 Å². The number of hydrogen-bond donors (Lipinski definition) is 2.